The van der Waals surface area contributed by atoms with Crippen LogP contribution < -0.4 is 15.8 Å². The van der Waals surface area contributed by atoms with E-state index < -0.39 is 0 Å². The van der Waals surface area contributed by atoms with Crippen LogP contribution in [0.1, 0.15) is 56.7 Å². The molecule has 2 atom stereocenters. The Morgan fingerprint density at radius 1 is 1.16 bits per heavy atom. The van der Waals surface area contributed by atoms with E-state index in [4.69, 9.17) is 4.98 Å². The molecule has 2 aromatic heterocycles. The summed E-state index contributed by atoms with van der Waals surface area (Å²) in [6.45, 7) is 4.13. The molecule has 1 saturated heterocycles. The Labute approximate surface area is 182 Å². The third kappa shape index (κ3) is 4.07. The summed E-state index contributed by atoms with van der Waals surface area (Å²) in [5, 5.41) is 7.70. The number of aryl methyl sites for hydroxylation is 2. The molecule has 3 aliphatic rings. The van der Waals surface area contributed by atoms with Crippen LogP contribution in [0.3, 0.4) is 0 Å². The zero-order chi connectivity index (χ0) is 21.4. The van der Waals surface area contributed by atoms with Crippen molar-refractivity contribution in [3.63, 3.8) is 0 Å². The molecule has 2 aliphatic carbocycles. The lowest BCUT2D eigenvalue weighted by atomic mass is 9.86. The Kier molecular flexibility index (Phi) is 5.46. The van der Waals surface area contributed by atoms with E-state index in [0.29, 0.717) is 5.92 Å². The molecule has 5 rings (SSSR count). The van der Waals surface area contributed by atoms with Crippen LogP contribution >= 0.6 is 0 Å². The second-order valence-electron chi connectivity index (χ2n) is 9.17. The number of hydrogen-bond acceptors (Lipinski definition) is 6. The highest BCUT2D eigenvalue weighted by atomic mass is 16.2. The van der Waals surface area contributed by atoms with Gasteiger partial charge in [-0.15, -0.1) is 0 Å². The van der Waals surface area contributed by atoms with E-state index in [2.05, 4.69) is 27.2 Å². The topological polar surface area (TPSA) is 93.0 Å². The van der Waals surface area contributed by atoms with Gasteiger partial charge in [0.05, 0.1) is 11.4 Å². The van der Waals surface area contributed by atoms with Gasteiger partial charge in [-0.05, 0) is 50.0 Å². The van der Waals surface area contributed by atoms with Crippen LogP contribution in [0.4, 0.5) is 5.95 Å². The standard InChI is InChI=1S/C23H30N6O2/c1-15-6-2-3-7-18(15)25-20(30)14-29-21(31)12-16-8-9-19-17(22(16)27-29)13-24-23(26-19)28-10-4-5-11-28/h12-13,15,18H,2-11,14H2,1H3,(H,25,30)/t15-,18+/m0/s1. The van der Waals surface area contributed by atoms with Crippen molar-refractivity contribution in [2.45, 2.75) is 70.9 Å². The minimum Gasteiger partial charge on any atom is -0.351 e. The van der Waals surface area contributed by atoms with E-state index in [1.165, 1.54) is 23.9 Å². The zero-order valence-corrected chi connectivity index (χ0v) is 18.1. The number of carbonyl (C=O) groups is 1. The van der Waals surface area contributed by atoms with Gasteiger partial charge in [0.25, 0.3) is 5.56 Å². The molecule has 0 bridgehead atoms. The van der Waals surface area contributed by atoms with Gasteiger partial charge >= 0.3 is 0 Å². The van der Waals surface area contributed by atoms with Crippen molar-refractivity contribution in [2.24, 2.45) is 5.92 Å². The first-order valence-electron chi connectivity index (χ1n) is 11.6. The van der Waals surface area contributed by atoms with Crippen LogP contribution in [0.5, 0.6) is 0 Å². The third-order valence-electron chi connectivity index (χ3n) is 6.96. The number of fused-ring (bicyclic) bond motifs is 3. The molecule has 8 heteroatoms. The predicted molar refractivity (Wildman–Crippen MR) is 118 cm³/mol. The Morgan fingerprint density at radius 3 is 2.77 bits per heavy atom. The molecule has 1 aliphatic heterocycles. The first-order valence-corrected chi connectivity index (χ1v) is 11.6. The molecule has 1 saturated carbocycles. The normalized spacial score (nSPS) is 22.7. The Hall–Kier alpha value is -2.77. The maximum Gasteiger partial charge on any atom is 0.267 e. The van der Waals surface area contributed by atoms with Crippen molar-refractivity contribution in [3.8, 4) is 11.3 Å². The van der Waals surface area contributed by atoms with Crippen LogP contribution in [-0.4, -0.2) is 44.8 Å². The summed E-state index contributed by atoms with van der Waals surface area (Å²) in [4.78, 5) is 36.9. The smallest absolute Gasteiger partial charge is 0.267 e. The zero-order valence-electron chi connectivity index (χ0n) is 18.1. The lowest BCUT2D eigenvalue weighted by Crippen LogP contribution is -2.44. The highest BCUT2D eigenvalue weighted by molar-refractivity contribution is 5.76. The summed E-state index contributed by atoms with van der Waals surface area (Å²) < 4.78 is 1.28. The quantitative estimate of drug-likeness (QED) is 0.811. The third-order valence-corrected chi connectivity index (χ3v) is 6.96. The fourth-order valence-corrected chi connectivity index (χ4v) is 5.09. The van der Waals surface area contributed by atoms with Gasteiger partial charge in [0.1, 0.15) is 6.54 Å². The van der Waals surface area contributed by atoms with Crippen LogP contribution in [0.15, 0.2) is 17.1 Å². The molecule has 8 nitrogen and oxygen atoms in total. The van der Waals surface area contributed by atoms with Crippen LogP contribution in [0, 0.1) is 5.92 Å². The predicted octanol–water partition coefficient (Wildman–Crippen LogP) is 2.09. The largest absolute Gasteiger partial charge is 0.351 e. The average molecular weight is 423 g/mol. The molecule has 1 N–H and O–H groups in total. The molecule has 31 heavy (non-hydrogen) atoms. The van der Waals surface area contributed by atoms with Gasteiger partial charge in [-0.1, -0.05) is 19.8 Å². The summed E-state index contributed by atoms with van der Waals surface area (Å²) in [5.41, 5.74) is 3.26. The molecular formula is C23H30N6O2. The number of anilines is 1. The first kappa shape index (κ1) is 20.2. The highest BCUT2D eigenvalue weighted by Gasteiger charge is 2.25. The van der Waals surface area contributed by atoms with Crippen molar-refractivity contribution < 1.29 is 4.79 Å². The minimum absolute atomic E-state index is 0.0581. The van der Waals surface area contributed by atoms with E-state index in [0.717, 1.165) is 73.7 Å². The maximum atomic E-state index is 12.6. The minimum atomic E-state index is -0.233. The van der Waals surface area contributed by atoms with E-state index in [-0.39, 0.29) is 24.1 Å². The molecular weight excluding hydrogens is 392 g/mol. The van der Waals surface area contributed by atoms with E-state index in [9.17, 15) is 9.59 Å². The summed E-state index contributed by atoms with van der Waals surface area (Å²) in [6.07, 6.45) is 10.2. The molecule has 3 heterocycles. The molecule has 0 radical (unpaired) electrons. The van der Waals surface area contributed by atoms with Crippen LogP contribution in [0.2, 0.25) is 0 Å². The Balaban J connectivity index is 1.38. The van der Waals surface area contributed by atoms with Gasteiger partial charge in [-0.25, -0.2) is 14.6 Å². The van der Waals surface area contributed by atoms with Gasteiger partial charge in [0.15, 0.2) is 0 Å². The number of nitrogens with zero attached hydrogens (tertiary/aromatic N) is 5. The molecule has 0 aromatic carbocycles. The van der Waals surface area contributed by atoms with Gasteiger partial charge in [-0.3, -0.25) is 9.59 Å². The lowest BCUT2D eigenvalue weighted by Gasteiger charge is -2.29. The van der Waals surface area contributed by atoms with Crippen molar-refractivity contribution in [1.29, 1.82) is 0 Å². The van der Waals surface area contributed by atoms with E-state index in [1.807, 2.05) is 6.20 Å². The lowest BCUT2D eigenvalue weighted by molar-refractivity contribution is -0.123. The van der Waals surface area contributed by atoms with E-state index in [1.54, 1.807) is 6.07 Å². The highest BCUT2D eigenvalue weighted by Crippen LogP contribution is 2.31. The second kappa shape index (κ2) is 8.40. The van der Waals surface area contributed by atoms with Crippen molar-refractivity contribution in [2.75, 3.05) is 18.0 Å². The van der Waals surface area contributed by atoms with Gasteiger partial charge in [0, 0.05) is 37.0 Å². The van der Waals surface area contributed by atoms with E-state index >= 15 is 0 Å². The SMILES string of the molecule is C[C@H]1CCCC[C@H]1NC(=O)Cn1nc2c(cc1=O)CCc1nc(N3CCCC3)ncc1-2. The number of hydrogen-bond donors (Lipinski definition) is 1. The molecule has 164 valence electrons. The van der Waals surface area contributed by atoms with Gasteiger partial charge in [0.2, 0.25) is 11.9 Å². The number of carbonyl (C=O) groups excluding carboxylic acids is 1. The molecule has 1 amide bonds. The first-order chi connectivity index (χ1) is 15.1. The average Bonchev–Trinajstić information content (AvgIpc) is 3.30. The second-order valence-corrected chi connectivity index (χ2v) is 9.17. The molecule has 0 spiro atoms. The molecule has 2 aromatic rings. The fraction of sp³-hybridized carbons (Fsp3) is 0.609. The summed E-state index contributed by atoms with van der Waals surface area (Å²) in [6, 6.07) is 1.81. The maximum absolute atomic E-state index is 12.6. The Bertz CT molecular complexity index is 1040. The van der Waals surface area contributed by atoms with Gasteiger partial charge in [-0.2, -0.15) is 5.10 Å². The number of aromatic nitrogens is 4. The fourth-order valence-electron chi connectivity index (χ4n) is 5.09. The number of amides is 1. The monoisotopic (exact) mass is 422 g/mol. The van der Waals surface area contributed by atoms with Crippen molar-refractivity contribution in [3.05, 3.63) is 33.9 Å². The van der Waals surface area contributed by atoms with Crippen molar-refractivity contribution in [1.82, 2.24) is 25.1 Å². The molecule has 0 unspecified atom stereocenters. The van der Waals surface area contributed by atoms with Crippen LogP contribution in [0.25, 0.3) is 11.3 Å². The van der Waals surface area contributed by atoms with Crippen LogP contribution in [-0.2, 0) is 24.2 Å². The van der Waals surface area contributed by atoms with Gasteiger partial charge < -0.3 is 10.2 Å². The summed E-state index contributed by atoms with van der Waals surface area (Å²) >= 11 is 0. The summed E-state index contributed by atoms with van der Waals surface area (Å²) in [7, 11) is 0. The Morgan fingerprint density at radius 2 is 1.97 bits per heavy atom. The number of nitrogens with one attached hydrogen (secondary N) is 1. The summed E-state index contributed by atoms with van der Waals surface area (Å²) in [5.74, 6) is 1.11. The molecule has 2 fully saturated rings. The van der Waals surface area contributed by atoms with Crippen molar-refractivity contribution >= 4 is 11.9 Å². The number of rotatable bonds is 4.